The molecule has 0 radical (unpaired) electrons. The lowest BCUT2D eigenvalue weighted by Crippen LogP contribution is -2.05. The lowest BCUT2D eigenvalue weighted by atomic mass is 9.97. The third kappa shape index (κ3) is 3.07. The first-order valence-electron chi connectivity index (χ1n) is 11.2. The predicted octanol–water partition coefficient (Wildman–Crippen LogP) is 5.29. The molecule has 6 rings (SSSR count). The van der Waals surface area contributed by atoms with Crippen LogP contribution in [0.1, 0.15) is 37.4 Å². The number of ether oxygens (including phenoxy) is 2. The van der Waals surface area contributed by atoms with Gasteiger partial charge in [0.1, 0.15) is 5.82 Å². The number of aromatic nitrogens is 4. The van der Waals surface area contributed by atoms with Gasteiger partial charge in [-0.2, -0.15) is 4.98 Å². The van der Waals surface area contributed by atoms with Crippen molar-refractivity contribution < 1.29 is 9.47 Å². The normalized spacial score (nSPS) is 14.5. The van der Waals surface area contributed by atoms with Gasteiger partial charge in [-0.25, -0.2) is 4.98 Å². The molecule has 33 heavy (non-hydrogen) atoms. The highest BCUT2D eigenvalue weighted by Crippen LogP contribution is 2.39. The maximum atomic E-state index is 13.0. The molecular weight excluding hydrogens is 416 g/mol. The first-order valence-corrected chi connectivity index (χ1v) is 11.2. The smallest absolute Gasteiger partial charge is 0.256 e. The second-order valence-corrected chi connectivity index (χ2v) is 8.59. The molecule has 1 aliphatic rings. The molecule has 2 aromatic carbocycles. The number of hydrogen-bond acceptors (Lipinski definition) is 5. The van der Waals surface area contributed by atoms with Gasteiger partial charge < -0.3 is 19.4 Å². The number of pyridine rings is 2. The number of imidazole rings is 1. The first-order chi connectivity index (χ1) is 16.2. The molecule has 0 spiro atoms. The molecule has 1 saturated carbocycles. The van der Waals surface area contributed by atoms with Gasteiger partial charge in [0.25, 0.3) is 5.56 Å². The van der Waals surface area contributed by atoms with Crippen molar-refractivity contribution in [2.45, 2.75) is 31.6 Å². The summed E-state index contributed by atoms with van der Waals surface area (Å²) < 4.78 is 10.8. The summed E-state index contributed by atoms with van der Waals surface area (Å²) >= 11 is 0. The summed E-state index contributed by atoms with van der Waals surface area (Å²) in [4.78, 5) is 28.9. The molecular formula is C26H24N4O3. The van der Waals surface area contributed by atoms with Crippen LogP contribution in [0.2, 0.25) is 0 Å². The topological polar surface area (TPSA) is 92.9 Å². The number of nitrogens with one attached hydrogen (secondary N) is 2. The molecule has 0 bridgehead atoms. The molecule has 3 heterocycles. The van der Waals surface area contributed by atoms with Crippen LogP contribution in [0.15, 0.2) is 47.4 Å². The number of hydrogen-bond donors (Lipinski definition) is 2. The zero-order valence-corrected chi connectivity index (χ0v) is 18.6. The van der Waals surface area contributed by atoms with Gasteiger partial charge in [-0.1, -0.05) is 25.0 Å². The van der Waals surface area contributed by atoms with Gasteiger partial charge in [0.05, 0.1) is 30.6 Å². The average Bonchev–Trinajstić information content (AvgIpc) is 3.54. The van der Waals surface area contributed by atoms with Crippen LogP contribution in [0, 0.1) is 0 Å². The maximum absolute atomic E-state index is 13.0. The fourth-order valence-electron chi connectivity index (χ4n) is 5.17. The Morgan fingerprint density at radius 2 is 1.79 bits per heavy atom. The van der Waals surface area contributed by atoms with E-state index in [0.29, 0.717) is 23.1 Å². The zero-order chi connectivity index (χ0) is 22.5. The Hall–Kier alpha value is -3.87. The van der Waals surface area contributed by atoms with Gasteiger partial charge in [-0.15, -0.1) is 0 Å². The van der Waals surface area contributed by atoms with Crippen LogP contribution in [0.3, 0.4) is 0 Å². The summed E-state index contributed by atoms with van der Waals surface area (Å²) in [6, 6.07) is 11.8. The predicted molar refractivity (Wildman–Crippen MR) is 129 cm³/mol. The number of methoxy groups -OCH3 is 2. The van der Waals surface area contributed by atoms with Gasteiger partial charge in [0.15, 0.2) is 0 Å². The molecule has 0 unspecified atom stereocenters. The molecule has 3 aromatic heterocycles. The highest BCUT2D eigenvalue weighted by molar-refractivity contribution is 6.23. The van der Waals surface area contributed by atoms with E-state index in [9.17, 15) is 4.79 Å². The van der Waals surface area contributed by atoms with E-state index in [2.05, 4.69) is 21.0 Å². The number of benzene rings is 2. The van der Waals surface area contributed by atoms with Crippen molar-refractivity contribution in [2.24, 2.45) is 0 Å². The van der Waals surface area contributed by atoms with E-state index < -0.39 is 0 Å². The molecule has 7 heteroatoms. The van der Waals surface area contributed by atoms with Crippen molar-refractivity contribution in [2.75, 3.05) is 14.2 Å². The van der Waals surface area contributed by atoms with Crippen LogP contribution in [-0.4, -0.2) is 34.2 Å². The van der Waals surface area contributed by atoms with E-state index in [4.69, 9.17) is 14.5 Å². The average molecular weight is 441 g/mol. The maximum Gasteiger partial charge on any atom is 0.256 e. The van der Waals surface area contributed by atoms with E-state index in [1.54, 1.807) is 26.5 Å². The van der Waals surface area contributed by atoms with Gasteiger partial charge in [0, 0.05) is 34.5 Å². The number of nitrogens with zero attached hydrogens (tertiary/aromatic N) is 2. The summed E-state index contributed by atoms with van der Waals surface area (Å²) in [5.74, 6) is 2.44. The standard InChI is InChI=1S/C26H24N4O3/c1-32-20-10-9-16(26(28-20)33-2)15-7-8-17-19(13-15)21-18(11-12-27-25(21)31)23-22(17)29-24(30-23)14-5-3-4-6-14/h7-14H,3-6H2,1-2H3,(H,27,31)(H,29,30). The Kier molecular flexibility index (Phi) is 4.57. The van der Waals surface area contributed by atoms with Crippen molar-refractivity contribution >= 4 is 32.6 Å². The summed E-state index contributed by atoms with van der Waals surface area (Å²) in [6.07, 6.45) is 6.49. The Bertz CT molecular complexity index is 1580. The number of H-pyrrole nitrogens is 2. The van der Waals surface area contributed by atoms with Gasteiger partial charge >= 0.3 is 0 Å². The fourth-order valence-corrected chi connectivity index (χ4v) is 5.17. The van der Waals surface area contributed by atoms with Crippen LogP contribution in [-0.2, 0) is 0 Å². The molecule has 0 amide bonds. The number of aromatic amines is 2. The SMILES string of the molecule is COc1ccc(-c2ccc3c(c2)c2c(=O)[nH]ccc2c2nc(C4CCCC4)[nH]c32)c(OC)n1. The minimum atomic E-state index is -0.123. The van der Waals surface area contributed by atoms with E-state index in [1.807, 2.05) is 24.3 Å². The minimum absolute atomic E-state index is 0.123. The first kappa shape index (κ1) is 19.8. The third-order valence-corrected chi connectivity index (χ3v) is 6.79. The molecule has 7 nitrogen and oxygen atoms in total. The molecule has 1 aliphatic carbocycles. The van der Waals surface area contributed by atoms with Crippen molar-refractivity contribution in [1.82, 2.24) is 19.9 Å². The van der Waals surface area contributed by atoms with Crippen LogP contribution in [0.4, 0.5) is 0 Å². The Morgan fingerprint density at radius 1 is 0.939 bits per heavy atom. The van der Waals surface area contributed by atoms with Crippen molar-refractivity contribution in [3.05, 3.63) is 58.8 Å². The zero-order valence-electron chi connectivity index (χ0n) is 18.6. The van der Waals surface area contributed by atoms with E-state index >= 15 is 0 Å². The molecule has 0 aliphatic heterocycles. The van der Waals surface area contributed by atoms with E-state index in [-0.39, 0.29) is 5.56 Å². The number of rotatable bonds is 4. The molecule has 5 aromatic rings. The monoisotopic (exact) mass is 440 g/mol. The summed E-state index contributed by atoms with van der Waals surface area (Å²) in [5, 5.41) is 3.36. The Morgan fingerprint density at radius 3 is 2.58 bits per heavy atom. The molecule has 2 N–H and O–H groups in total. The minimum Gasteiger partial charge on any atom is -0.481 e. The second-order valence-electron chi connectivity index (χ2n) is 8.59. The van der Waals surface area contributed by atoms with Gasteiger partial charge in [-0.05, 0) is 42.0 Å². The van der Waals surface area contributed by atoms with Crippen LogP contribution in [0.5, 0.6) is 11.8 Å². The van der Waals surface area contributed by atoms with Crippen molar-refractivity contribution in [3.63, 3.8) is 0 Å². The molecule has 1 fully saturated rings. The highest BCUT2D eigenvalue weighted by atomic mass is 16.5. The van der Waals surface area contributed by atoms with Gasteiger partial charge in [0.2, 0.25) is 11.8 Å². The summed E-state index contributed by atoms with van der Waals surface area (Å²) in [5.41, 5.74) is 3.46. The van der Waals surface area contributed by atoms with Gasteiger partial charge in [-0.3, -0.25) is 4.79 Å². The van der Waals surface area contributed by atoms with Crippen LogP contribution in [0.25, 0.3) is 43.7 Å². The number of fused-ring (bicyclic) bond motifs is 6. The lowest BCUT2D eigenvalue weighted by Gasteiger charge is -2.11. The molecule has 166 valence electrons. The Labute approximate surface area is 189 Å². The summed E-state index contributed by atoms with van der Waals surface area (Å²) in [6.45, 7) is 0. The van der Waals surface area contributed by atoms with E-state index in [1.165, 1.54) is 12.8 Å². The third-order valence-electron chi connectivity index (χ3n) is 6.79. The molecule has 0 atom stereocenters. The largest absolute Gasteiger partial charge is 0.481 e. The quantitative estimate of drug-likeness (QED) is 0.370. The lowest BCUT2D eigenvalue weighted by molar-refractivity contribution is 0.366. The van der Waals surface area contributed by atoms with E-state index in [0.717, 1.165) is 57.0 Å². The van der Waals surface area contributed by atoms with Crippen LogP contribution < -0.4 is 15.0 Å². The summed E-state index contributed by atoms with van der Waals surface area (Å²) in [7, 11) is 3.16. The molecule has 0 saturated heterocycles. The van der Waals surface area contributed by atoms with Crippen LogP contribution >= 0.6 is 0 Å². The fraction of sp³-hybridized carbons (Fsp3) is 0.269. The second kappa shape index (κ2) is 7.62. The highest BCUT2D eigenvalue weighted by Gasteiger charge is 2.23. The van der Waals surface area contributed by atoms with Crippen molar-refractivity contribution in [1.29, 1.82) is 0 Å². The van der Waals surface area contributed by atoms with Crippen molar-refractivity contribution in [3.8, 4) is 22.9 Å². The Balaban J connectivity index is 1.66.